The van der Waals surface area contributed by atoms with Crippen LogP contribution < -0.4 is 20.1 Å². The van der Waals surface area contributed by atoms with Gasteiger partial charge in [-0.1, -0.05) is 30.3 Å². The van der Waals surface area contributed by atoms with Crippen LogP contribution in [0.4, 0.5) is 5.69 Å². The smallest absolute Gasteiger partial charge is 0.195 e. The number of ether oxygens (including phenoxy) is 2. The van der Waals surface area contributed by atoms with Crippen LogP contribution in [-0.2, 0) is 13.0 Å². The van der Waals surface area contributed by atoms with Crippen molar-refractivity contribution in [2.45, 2.75) is 19.9 Å². The van der Waals surface area contributed by atoms with E-state index in [4.69, 9.17) is 9.47 Å². The molecule has 2 aromatic carbocycles. The van der Waals surface area contributed by atoms with Crippen molar-refractivity contribution in [1.29, 1.82) is 0 Å². The van der Waals surface area contributed by atoms with E-state index >= 15 is 0 Å². The maximum atomic E-state index is 5.64. The molecular formula is C23H29N5O2. The fourth-order valence-corrected chi connectivity index (χ4v) is 3.12. The van der Waals surface area contributed by atoms with Gasteiger partial charge in [0.05, 0.1) is 13.7 Å². The minimum Gasteiger partial charge on any atom is -0.493 e. The minimum atomic E-state index is 0.572. The zero-order valence-electron chi connectivity index (χ0n) is 17.8. The Morgan fingerprint density at radius 3 is 2.70 bits per heavy atom. The highest BCUT2D eigenvalue weighted by atomic mass is 16.5. The second-order valence-corrected chi connectivity index (χ2v) is 6.63. The highest BCUT2D eigenvalue weighted by Gasteiger charge is 2.08. The molecule has 0 aliphatic rings. The first kappa shape index (κ1) is 21.2. The van der Waals surface area contributed by atoms with Crippen LogP contribution in [-0.4, -0.2) is 42.8 Å². The zero-order chi connectivity index (χ0) is 21.2. The molecule has 0 spiro atoms. The lowest BCUT2D eigenvalue weighted by molar-refractivity contribution is 0.311. The largest absolute Gasteiger partial charge is 0.493 e. The molecule has 0 radical (unpaired) electrons. The Kier molecular flexibility index (Phi) is 7.71. The Bertz CT molecular complexity index is 953. The summed E-state index contributed by atoms with van der Waals surface area (Å²) < 4.78 is 13.1. The lowest BCUT2D eigenvalue weighted by atomic mass is 10.2. The molecule has 0 unspecified atom stereocenters. The molecule has 0 saturated carbocycles. The molecule has 2 N–H and O–H groups in total. The van der Waals surface area contributed by atoms with Gasteiger partial charge in [0.2, 0.25) is 0 Å². The number of guanidine groups is 1. The summed E-state index contributed by atoms with van der Waals surface area (Å²) in [6, 6.07) is 16.1. The summed E-state index contributed by atoms with van der Waals surface area (Å²) in [5, 5.41) is 6.63. The molecule has 0 bridgehead atoms. The van der Waals surface area contributed by atoms with Crippen molar-refractivity contribution in [3.05, 3.63) is 72.3 Å². The van der Waals surface area contributed by atoms with Gasteiger partial charge >= 0.3 is 0 Å². The number of nitrogens with one attached hydrogen (secondary N) is 2. The molecular weight excluding hydrogens is 378 g/mol. The van der Waals surface area contributed by atoms with Gasteiger partial charge in [-0.25, -0.2) is 4.98 Å². The topological polar surface area (TPSA) is 72.7 Å². The van der Waals surface area contributed by atoms with Crippen LogP contribution in [0, 0.1) is 0 Å². The van der Waals surface area contributed by atoms with E-state index in [-0.39, 0.29) is 0 Å². The normalized spacial score (nSPS) is 11.2. The number of aromatic nitrogens is 2. The van der Waals surface area contributed by atoms with Crippen molar-refractivity contribution in [3.8, 4) is 11.5 Å². The van der Waals surface area contributed by atoms with E-state index in [1.54, 1.807) is 14.2 Å². The summed E-state index contributed by atoms with van der Waals surface area (Å²) in [6.45, 7) is 4.04. The molecule has 0 aliphatic carbocycles. The third kappa shape index (κ3) is 5.76. The van der Waals surface area contributed by atoms with Gasteiger partial charge in [0.1, 0.15) is 5.82 Å². The summed E-state index contributed by atoms with van der Waals surface area (Å²) in [7, 11) is 3.38. The first-order valence-corrected chi connectivity index (χ1v) is 10.1. The fourth-order valence-electron chi connectivity index (χ4n) is 3.12. The average Bonchev–Trinajstić information content (AvgIpc) is 3.21. The number of hydrogen-bond donors (Lipinski definition) is 2. The summed E-state index contributed by atoms with van der Waals surface area (Å²) in [6.07, 6.45) is 4.65. The zero-order valence-corrected chi connectivity index (χ0v) is 17.8. The monoisotopic (exact) mass is 407 g/mol. The number of benzene rings is 2. The van der Waals surface area contributed by atoms with Gasteiger partial charge in [-0.3, -0.25) is 4.99 Å². The third-order valence-corrected chi connectivity index (χ3v) is 4.59. The lowest BCUT2D eigenvalue weighted by Gasteiger charge is -2.15. The van der Waals surface area contributed by atoms with Crippen LogP contribution in [0.5, 0.6) is 11.5 Å². The number of rotatable bonds is 9. The van der Waals surface area contributed by atoms with E-state index in [0.29, 0.717) is 30.6 Å². The van der Waals surface area contributed by atoms with Gasteiger partial charge in [-0.15, -0.1) is 0 Å². The Balaban J connectivity index is 1.56. The number of methoxy groups -OCH3 is 1. The van der Waals surface area contributed by atoms with Crippen LogP contribution in [0.1, 0.15) is 18.3 Å². The van der Waals surface area contributed by atoms with Crippen LogP contribution in [0.15, 0.2) is 65.9 Å². The first-order valence-electron chi connectivity index (χ1n) is 10.1. The van der Waals surface area contributed by atoms with Crippen molar-refractivity contribution < 1.29 is 9.47 Å². The standard InChI is InChI=1S/C23H29N5O2/c1-4-30-21-16-19(10-11-20(21)29-3)27-23(24-2)26-13-12-22-25-14-15-28(22)17-18-8-6-5-7-9-18/h5-11,14-16H,4,12-13,17H2,1-3H3,(H2,24,26,27). The van der Waals surface area contributed by atoms with Gasteiger partial charge in [-0.05, 0) is 24.6 Å². The SMILES string of the molecule is CCOc1cc(NC(=NC)NCCc2nccn2Cc2ccccc2)ccc1OC. The second kappa shape index (κ2) is 10.9. The van der Waals surface area contributed by atoms with Gasteiger partial charge in [-0.2, -0.15) is 0 Å². The summed E-state index contributed by atoms with van der Waals surface area (Å²) in [4.78, 5) is 8.81. The molecule has 1 aromatic heterocycles. The van der Waals surface area contributed by atoms with Crippen molar-refractivity contribution in [2.75, 3.05) is 32.6 Å². The summed E-state index contributed by atoms with van der Waals surface area (Å²) in [5.74, 6) is 3.12. The molecule has 0 fully saturated rings. The van der Waals surface area contributed by atoms with Gasteiger partial charge in [0.15, 0.2) is 17.5 Å². The Morgan fingerprint density at radius 1 is 1.13 bits per heavy atom. The number of anilines is 1. The molecule has 0 aliphatic heterocycles. The molecule has 0 amide bonds. The van der Waals surface area contributed by atoms with E-state index in [2.05, 4.69) is 49.4 Å². The van der Waals surface area contributed by atoms with Crippen molar-refractivity contribution in [2.24, 2.45) is 4.99 Å². The fraction of sp³-hybridized carbons (Fsp3) is 0.304. The number of nitrogens with zero attached hydrogens (tertiary/aromatic N) is 3. The van der Waals surface area contributed by atoms with Crippen LogP contribution in [0.25, 0.3) is 0 Å². The van der Waals surface area contributed by atoms with E-state index in [9.17, 15) is 0 Å². The summed E-state index contributed by atoms with van der Waals surface area (Å²) in [5.41, 5.74) is 2.13. The third-order valence-electron chi connectivity index (χ3n) is 4.59. The Morgan fingerprint density at radius 2 is 1.97 bits per heavy atom. The van der Waals surface area contributed by atoms with Crippen LogP contribution in [0.2, 0.25) is 0 Å². The van der Waals surface area contributed by atoms with E-state index in [1.807, 2.05) is 43.6 Å². The molecule has 3 rings (SSSR count). The molecule has 0 atom stereocenters. The average molecular weight is 408 g/mol. The van der Waals surface area contributed by atoms with Crippen molar-refractivity contribution in [3.63, 3.8) is 0 Å². The molecule has 7 heteroatoms. The molecule has 7 nitrogen and oxygen atoms in total. The lowest BCUT2D eigenvalue weighted by Crippen LogP contribution is -2.32. The van der Waals surface area contributed by atoms with Gasteiger partial charge in [0.25, 0.3) is 0 Å². The number of aliphatic imine (C=N–C) groups is 1. The maximum absolute atomic E-state index is 5.64. The molecule has 158 valence electrons. The van der Waals surface area contributed by atoms with Crippen LogP contribution >= 0.6 is 0 Å². The highest BCUT2D eigenvalue weighted by molar-refractivity contribution is 5.93. The molecule has 30 heavy (non-hydrogen) atoms. The number of hydrogen-bond acceptors (Lipinski definition) is 4. The predicted molar refractivity (Wildman–Crippen MR) is 121 cm³/mol. The first-order chi connectivity index (χ1) is 14.7. The van der Waals surface area contributed by atoms with Crippen molar-refractivity contribution >= 4 is 11.6 Å². The number of imidazole rings is 1. The van der Waals surface area contributed by atoms with Crippen molar-refractivity contribution in [1.82, 2.24) is 14.9 Å². The van der Waals surface area contributed by atoms with E-state index in [0.717, 1.165) is 24.5 Å². The maximum Gasteiger partial charge on any atom is 0.195 e. The predicted octanol–water partition coefficient (Wildman–Crippen LogP) is 3.57. The van der Waals surface area contributed by atoms with Gasteiger partial charge < -0.3 is 24.7 Å². The quantitative estimate of drug-likeness (QED) is 0.419. The molecule has 3 aromatic rings. The Hall–Kier alpha value is -3.48. The molecule has 0 saturated heterocycles. The van der Waals surface area contributed by atoms with Crippen LogP contribution in [0.3, 0.4) is 0 Å². The van der Waals surface area contributed by atoms with Gasteiger partial charge in [0, 0.05) is 50.7 Å². The molecule has 1 heterocycles. The highest BCUT2D eigenvalue weighted by Crippen LogP contribution is 2.30. The minimum absolute atomic E-state index is 0.572. The Labute approximate surface area is 177 Å². The summed E-state index contributed by atoms with van der Waals surface area (Å²) >= 11 is 0. The van der Waals surface area contributed by atoms with E-state index < -0.39 is 0 Å². The second-order valence-electron chi connectivity index (χ2n) is 6.63. The van der Waals surface area contributed by atoms with E-state index in [1.165, 1.54) is 5.56 Å².